The Kier molecular flexibility index (Phi) is 6.76. The van der Waals surface area contributed by atoms with E-state index < -0.39 is 0 Å². The van der Waals surface area contributed by atoms with E-state index in [1.807, 2.05) is 24.3 Å². The van der Waals surface area contributed by atoms with Crippen LogP contribution in [-0.4, -0.2) is 38.0 Å². The minimum Gasteiger partial charge on any atom is -0.349 e. The van der Waals surface area contributed by atoms with Crippen molar-refractivity contribution in [2.45, 2.75) is 19.3 Å². The molecule has 1 aromatic carbocycles. The molecule has 0 radical (unpaired) electrons. The summed E-state index contributed by atoms with van der Waals surface area (Å²) in [7, 11) is 3.58. The largest absolute Gasteiger partial charge is 0.349 e. The minimum atomic E-state index is 0.189. The minimum absolute atomic E-state index is 0.189. The fourth-order valence-corrected chi connectivity index (χ4v) is 1.72. The van der Waals surface area contributed by atoms with Crippen molar-refractivity contribution in [3.05, 3.63) is 34.9 Å². The normalized spacial score (nSPS) is 10.4. The summed E-state index contributed by atoms with van der Waals surface area (Å²) < 4.78 is 0. The number of amides is 1. The first kappa shape index (κ1) is 15.0. The van der Waals surface area contributed by atoms with Gasteiger partial charge in [-0.15, -0.1) is 0 Å². The Morgan fingerprint density at radius 1 is 1.22 bits per heavy atom. The molecule has 0 atom stereocenters. The third-order valence-corrected chi connectivity index (χ3v) is 3.00. The quantitative estimate of drug-likeness (QED) is 0.770. The maximum atomic E-state index is 11.3. The molecule has 0 aliphatic carbocycles. The SMILES string of the molecule is CN(C)C(=O)CCCNCCc1ccc(Cl)cc1. The summed E-state index contributed by atoms with van der Waals surface area (Å²) >= 11 is 5.82. The van der Waals surface area contributed by atoms with Crippen LogP contribution < -0.4 is 5.32 Å². The third kappa shape index (κ3) is 6.03. The van der Waals surface area contributed by atoms with Gasteiger partial charge in [-0.1, -0.05) is 23.7 Å². The van der Waals surface area contributed by atoms with Crippen LogP contribution in [0.1, 0.15) is 18.4 Å². The maximum Gasteiger partial charge on any atom is 0.222 e. The van der Waals surface area contributed by atoms with Crippen LogP contribution in [0, 0.1) is 0 Å². The average Bonchev–Trinajstić information content (AvgIpc) is 2.35. The Morgan fingerprint density at radius 3 is 2.50 bits per heavy atom. The van der Waals surface area contributed by atoms with Gasteiger partial charge >= 0.3 is 0 Å². The molecule has 100 valence electrons. The Labute approximate surface area is 114 Å². The van der Waals surface area contributed by atoms with E-state index in [0.29, 0.717) is 6.42 Å². The fraction of sp³-hybridized carbons (Fsp3) is 0.500. The average molecular weight is 269 g/mol. The number of carbonyl (C=O) groups excluding carboxylic acids is 1. The van der Waals surface area contributed by atoms with Crippen LogP contribution in [0.15, 0.2) is 24.3 Å². The highest BCUT2D eigenvalue weighted by molar-refractivity contribution is 6.30. The van der Waals surface area contributed by atoms with E-state index >= 15 is 0 Å². The van der Waals surface area contributed by atoms with Gasteiger partial charge < -0.3 is 10.2 Å². The number of rotatable bonds is 7. The molecule has 1 amide bonds. The first-order valence-corrected chi connectivity index (χ1v) is 6.62. The summed E-state index contributed by atoms with van der Waals surface area (Å²) in [5, 5.41) is 4.11. The van der Waals surface area contributed by atoms with Gasteiger partial charge in [0.2, 0.25) is 5.91 Å². The second kappa shape index (κ2) is 8.11. The molecule has 18 heavy (non-hydrogen) atoms. The van der Waals surface area contributed by atoms with Crippen molar-refractivity contribution in [1.29, 1.82) is 0 Å². The zero-order chi connectivity index (χ0) is 13.4. The van der Waals surface area contributed by atoms with Crippen LogP contribution in [0.2, 0.25) is 5.02 Å². The van der Waals surface area contributed by atoms with Gasteiger partial charge in [-0.25, -0.2) is 0 Å². The molecule has 0 aliphatic rings. The monoisotopic (exact) mass is 268 g/mol. The summed E-state index contributed by atoms with van der Waals surface area (Å²) in [5.41, 5.74) is 1.27. The first-order valence-electron chi connectivity index (χ1n) is 6.25. The molecule has 0 unspecified atom stereocenters. The van der Waals surface area contributed by atoms with Crippen LogP contribution in [0.4, 0.5) is 0 Å². The molecule has 0 heterocycles. The van der Waals surface area contributed by atoms with Crippen LogP contribution in [0.3, 0.4) is 0 Å². The topological polar surface area (TPSA) is 32.3 Å². The van der Waals surface area contributed by atoms with Crippen LogP contribution in [0.25, 0.3) is 0 Å². The number of hydrogen-bond donors (Lipinski definition) is 1. The number of nitrogens with one attached hydrogen (secondary N) is 1. The van der Waals surface area contributed by atoms with Gasteiger partial charge in [-0.2, -0.15) is 0 Å². The van der Waals surface area contributed by atoms with E-state index in [1.165, 1.54) is 5.56 Å². The third-order valence-electron chi connectivity index (χ3n) is 2.75. The van der Waals surface area contributed by atoms with Gasteiger partial charge in [-0.3, -0.25) is 4.79 Å². The van der Waals surface area contributed by atoms with Gasteiger partial charge in [0, 0.05) is 25.5 Å². The molecule has 4 heteroatoms. The van der Waals surface area contributed by atoms with Crippen molar-refractivity contribution in [3.63, 3.8) is 0 Å². The van der Waals surface area contributed by atoms with E-state index in [1.54, 1.807) is 19.0 Å². The summed E-state index contributed by atoms with van der Waals surface area (Å²) in [6.45, 7) is 1.81. The Hall–Kier alpha value is -1.06. The van der Waals surface area contributed by atoms with Gasteiger partial charge in [0.15, 0.2) is 0 Å². The lowest BCUT2D eigenvalue weighted by Crippen LogP contribution is -2.24. The molecular weight excluding hydrogens is 248 g/mol. The lowest BCUT2D eigenvalue weighted by atomic mass is 10.1. The molecule has 0 bridgehead atoms. The zero-order valence-electron chi connectivity index (χ0n) is 11.1. The predicted octanol–water partition coefficient (Wildman–Crippen LogP) is 2.34. The molecule has 0 spiro atoms. The molecule has 0 fully saturated rings. The zero-order valence-corrected chi connectivity index (χ0v) is 11.8. The predicted molar refractivity (Wildman–Crippen MR) is 76.0 cm³/mol. The van der Waals surface area contributed by atoms with Crippen molar-refractivity contribution in [2.24, 2.45) is 0 Å². The van der Waals surface area contributed by atoms with Crippen molar-refractivity contribution >= 4 is 17.5 Å². The highest BCUT2D eigenvalue weighted by atomic mass is 35.5. The van der Waals surface area contributed by atoms with Crippen molar-refractivity contribution < 1.29 is 4.79 Å². The molecule has 1 N–H and O–H groups in total. The maximum absolute atomic E-state index is 11.3. The molecule has 0 aliphatic heterocycles. The van der Waals surface area contributed by atoms with E-state index in [0.717, 1.165) is 31.0 Å². The smallest absolute Gasteiger partial charge is 0.222 e. The van der Waals surface area contributed by atoms with Gasteiger partial charge in [-0.05, 0) is 43.6 Å². The molecule has 0 saturated heterocycles. The van der Waals surface area contributed by atoms with Gasteiger partial charge in [0.25, 0.3) is 0 Å². The number of nitrogens with zero attached hydrogens (tertiary/aromatic N) is 1. The Morgan fingerprint density at radius 2 is 1.89 bits per heavy atom. The summed E-state index contributed by atoms with van der Waals surface area (Å²) in [4.78, 5) is 12.9. The van der Waals surface area contributed by atoms with Crippen LogP contribution in [-0.2, 0) is 11.2 Å². The van der Waals surface area contributed by atoms with E-state index in [-0.39, 0.29) is 5.91 Å². The second-order valence-electron chi connectivity index (χ2n) is 4.52. The molecule has 1 aromatic rings. The lowest BCUT2D eigenvalue weighted by Gasteiger charge is -2.10. The summed E-state index contributed by atoms with van der Waals surface area (Å²) in [6, 6.07) is 7.90. The van der Waals surface area contributed by atoms with E-state index in [4.69, 9.17) is 11.6 Å². The number of carbonyl (C=O) groups is 1. The molecule has 1 rings (SSSR count). The van der Waals surface area contributed by atoms with E-state index in [2.05, 4.69) is 5.32 Å². The standard InChI is InChI=1S/C14H21ClN2O/c1-17(2)14(18)4-3-10-16-11-9-12-5-7-13(15)8-6-12/h5-8,16H,3-4,9-11H2,1-2H3. The van der Waals surface area contributed by atoms with Crippen molar-refractivity contribution in [2.75, 3.05) is 27.2 Å². The fourth-order valence-electron chi connectivity index (χ4n) is 1.60. The van der Waals surface area contributed by atoms with Gasteiger partial charge in [0.1, 0.15) is 0 Å². The lowest BCUT2D eigenvalue weighted by molar-refractivity contribution is -0.128. The molecule has 0 aromatic heterocycles. The summed E-state index contributed by atoms with van der Waals surface area (Å²) in [5.74, 6) is 0.189. The molecular formula is C14H21ClN2O. The van der Waals surface area contributed by atoms with Crippen LogP contribution >= 0.6 is 11.6 Å². The highest BCUT2D eigenvalue weighted by Crippen LogP contribution is 2.09. The highest BCUT2D eigenvalue weighted by Gasteiger charge is 2.02. The number of hydrogen-bond acceptors (Lipinski definition) is 2. The molecule has 3 nitrogen and oxygen atoms in total. The first-order chi connectivity index (χ1) is 8.59. The summed E-state index contributed by atoms with van der Waals surface area (Å²) in [6.07, 6.45) is 2.48. The van der Waals surface area contributed by atoms with Gasteiger partial charge in [0.05, 0.1) is 0 Å². The Balaban J connectivity index is 2.05. The van der Waals surface area contributed by atoms with Crippen molar-refractivity contribution in [3.8, 4) is 0 Å². The molecule has 0 saturated carbocycles. The van der Waals surface area contributed by atoms with Crippen molar-refractivity contribution in [1.82, 2.24) is 10.2 Å². The van der Waals surface area contributed by atoms with E-state index in [9.17, 15) is 4.79 Å². The van der Waals surface area contributed by atoms with Crippen LogP contribution in [0.5, 0.6) is 0 Å². The number of halogens is 1. The number of benzene rings is 1. The Bertz CT molecular complexity index is 363. The second-order valence-corrected chi connectivity index (χ2v) is 4.95.